The normalized spacial score (nSPS) is 12.3. The van der Waals surface area contributed by atoms with Gasteiger partial charge in [-0.25, -0.2) is 4.98 Å². The van der Waals surface area contributed by atoms with E-state index in [1.807, 2.05) is 24.6 Å². The quantitative estimate of drug-likeness (QED) is 0.336. The molecule has 0 bridgehead atoms. The summed E-state index contributed by atoms with van der Waals surface area (Å²) in [5.41, 5.74) is 1.07. The topological polar surface area (TPSA) is 114 Å². The van der Waals surface area contributed by atoms with Crippen LogP contribution in [0.15, 0.2) is 67.3 Å². The molecule has 0 radical (unpaired) electrons. The van der Waals surface area contributed by atoms with E-state index in [1.165, 1.54) is 0 Å². The lowest BCUT2D eigenvalue weighted by molar-refractivity contribution is -0.124. The fourth-order valence-corrected chi connectivity index (χ4v) is 3.65. The monoisotopic (exact) mass is 491 g/mol. The van der Waals surface area contributed by atoms with E-state index >= 15 is 0 Å². The predicted octanol–water partition coefficient (Wildman–Crippen LogP) is 3.50. The van der Waals surface area contributed by atoms with Crippen molar-refractivity contribution in [1.29, 1.82) is 0 Å². The van der Waals surface area contributed by atoms with E-state index in [2.05, 4.69) is 20.9 Å². The molecule has 190 valence electrons. The number of methoxy groups -OCH3 is 1. The van der Waals surface area contributed by atoms with Crippen molar-refractivity contribution in [2.75, 3.05) is 19.0 Å². The zero-order chi connectivity index (χ0) is 25.9. The van der Waals surface area contributed by atoms with E-state index in [9.17, 15) is 14.4 Å². The molecule has 36 heavy (non-hydrogen) atoms. The number of imidazole rings is 1. The summed E-state index contributed by atoms with van der Waals surface area (Å²) in [6.45, 7) is 5.11. The highest BCUT2D eigenvalue weighted by atomic mass is 16.5. The van der Waals surface area contributed by atoms with Crippen LogP contribution in [0.3, 0.4) is 0 Å². The molecule has 0 aliphatic carbocycles. The van der Waals surface area contributed by atoms with Crippen LogP contribution in [-0.4, -0.2) is 47.0 Å². The summed E-state index contributed by atoms with van der Waals surface area (Å²) in [5.74, 6) is -0.458. The third-order valence-electron chi connectivity index (χ3n) is 6.01. The number of aromatic nitrogens is 2. The lowest BCUT2D eigenvalue weighted by atomic mass is 9.97. The van der Waals surface area contributed by atoms with Gasteiger partial charge >= 0.3 is 0 Å². The second-order valence-corrected chi connectivity index (χ2v) is 8.51. The molecule has 2 aromatic carbocycles. The molecule has 0 aliphatic heterocycles. The van der Waals surface area contributed by atoms with Crippen LogP contribution >= 0.6 is 0 Å². The largest absolute Gasteiger partial charge is 0.497 e. The molecule has 1 heterocycles. The van der Waals surface area contributed by atoms with Crippen LogP contribution in [0.5, 0.6) is 5.75 Å². The summed E-state index contributed by atoms with van der Waals surface area (Å²) in [4.78, 5) is 42.9. The smallest absolute Gasteiger partial charge is 0.255 e. The Bertz CT molecular complexity index is 1150. The Morgan fingerprint density at radius 2 is 1.81 bits per heavy atom. The van der Waals surface area contributed by atoms with Crippen LogP contribution in [0.1, 0.15) is 47.4 Å². The van der Waals surface area contributed by atoms with E-state index in [1.54, 1.807) is 68.2 Å². The summed E-state index contributed by atoms with van der Waals surface area (Å²) in [6.07, 6.45) is 6.76. The maximum atomic E-state index is 13.2. The number of benzene rings is 2. The average molecular weight is 492 g/mol. The summed E-state index contributed by atoms with van der Waals surface area (Å²) >= 11 is 0. The van der Waals surface area contributed by atoms with Gasteiger partial charge in [-0.15, -0.1) is 0 Å². The van der Waals surface area contributed by atoms with Crippen LogP contribution in [0.4, 0.5) is 5.69 Å². The first-order valence-electron chi connectivity index (χ1n) is 12.0. The zero-order valence-corrected chi connectivity index (χ0v) is 20.9. The predicted molar refractivity (Wildman–Crippen MR) is 138 cm³/mol. The first-order valence-corrected chi connectivity index (χ1v) is 12.0. The minimum absolute atomic E-state index is 0.0800. The number of para-hydroxylation sites is 1. The standard InChI is InChI=1S/C27H33N5O4/c1-4-19(2)24(27(35)29-14-7-16-32-17-15-28-18-32)31-26(34)22-8-5-6-9-23(22)30-25(33)20-10-12-21(36-3)13-11-20/h5-6,8-13,15,17-19,24H,4,7,14,16H2,1-3H3,(H,29,35)(H,30,33)(H,31,34)/t19-,24-/m0/s1. The molecule has 2 atom stereocenters. The molecule has 0 unspecified atom stereocenters. The molecule has 3 amide bonds. The molecule has 3 rings (SSSR count). The van der Waals surface area contributed by atoms with Gasteiger partial charge in [-0.2, -0.15) is 0 Å². The zero-order valence-electron chi connectivity index (χ0n) is 20.9. The van der Waals surface area contributed by atoms with Crippen LogP contribution in [0.25, 0.3) is 0 Å². The van der Waals surface area contributed by atoms with Gasteiger partial charge in [-0.1, -0.05) is 32.4 Å². The van der Waals surface area contributed by atoms with Crippen molar-refractivity contribution in [2.45, 2.75) is 39.3 Å². The maximum Gasteiger partial charge on any atom is 0.255 e. The van der Waals surface area contributed by atoms with Crippen LogP contribution in [-0.2, 0) is 11.3 Å². The van der Waals surface area contributed by atoms with Crippen molar-refractivity contribution in [2.24, 2.45) is 5.92 Å². The van der Waals surface area contributed by atoms with Crippen LogP contribution < -0.4 is 20.7 Å². The molecular formula is C27H33N5O4. The molecular weight excluding hydrogens is 458 g/mol. The molecule has 0 saturated heterocycles. The lowest BCUT2D eigenvalue weighted by Crippen LogP contribution is -2.50. The van der Waals surface area contributed by atoms with Crippen molar-refractivity contribution < 1.29 is 19.1 Å². The molecule has 0 aliphatic rings. The SMILES string of the molecule is CC[C@H](C)[C@H](NC(=O)c1ccccc1NC(=O)c1ccc(OC)cc1)C(=O)NCCCn1ccnc1. The molecule has 0 spiro atoms. The van der Waals surface area contributed by atoms with E-state index in [4.69, 9.17) is 4.74 Å². The Morgan fingerprint density at radius 1 is 1.06 bits per heavy atom. The molecule has 9 nitrogen and oxygen atoms in total. The lowest BCUT2D eigenvalue weighted by Gasteiger charge is -2.24. The highest BCUT2D eigenvalue weighted by Gasteiger charge is 2.27. The Hall–Kier alpha value is -4.14. The molecule has 9 heteroatoms. The number of nitrogens with zero attached hydrogens (tertiary/aromatic N) is 2. The van der Waals surface area contributed by atoms with E-state index < -0.39 is 11.9 Å². The first kappa shape index (κ1) is 26.5. The number of carbonyl (C=O) groups excluding carboxylic acids is 3. The summed E-state index contributed by atoms with van der Waals surface area (Å²) in [6, 6.07) is 12.7. The highest BCUT2D eigenvalue weighted by molar-refractivity contribution is 6.09. The number of carbonyl (C=O) groups is 3. The second kappa shape index (κ2) is 13.1. The number of rotatable bonds is 12. The number of hydrogen-bond donors (Lipinski definition) is 3. The number of amides is 3. The third kappa shape index (κ3) is 7.18. The van der Waals surface area contributed by atoms with Gasteiger partial charge in [-0.05, 0) is 48.7 Å². The average Bonchev–Trinajstić information content (AvgIpc) is 3.43. The molecule has 0 fully saturated rings. The fraction of sp³-hybridized carbons (Fsp3) is 0.333. The Morgan fingerprint density at radius 3 is 2.47 bits per heavy atom. The molecule has 1 aromatic heterocycles. The fourth-order valence-electron chi connectivity index (χ4n) is 3.65. The second-order valence-electron chi connectivity index (χ2n) is 8.51. The Kier molecular flexibility index (Phi) is 9.62. The highest BCUT2D eigenvalue weighted by Crippen LogP contribution is 2.19. The van der Waals surface area contributed by atoms with Crippen LogP contribution in [0.2, 0.25) is 0 Å². The summed E-state index contributed by atoms with van der Waals surface area (Å²) in [5, 5.41) is 8.60. The van der Waals surface area contributed by atoms with Gasteiger partial charge in [0.15, 0.2) is 0 Å². The van der Waals surface area contributed by atoms with E-state index in [-0.39, 0.29) is 23.3 Å². The summed E-state index contributed by atoms with van der Waals surface area (Å²) in [7, 11) is 1.55. The maximum absolute atomic E-state index is 13.2. The molecule has 3 aromatic rings. The van der Waals surface area contributed by atoms with Crippen molar-refractivity contribution in [1.82, 2.24) is 20.2 Å². The summed E-state index contributed by atoms with van der Waals surface area (Å²) < 4.78 is 7.07. The van der Waals surface area contributed by atoms with E-state index in [0.29, 0.717) is 30.0 Å². The van der Waals surface area contributed by atoms with Crippen molar-refractivity contribution >= 4 is 23.4 Å². The minimum atomic E-state index is -0.707. The Labute approximate surface area is 211 Å². The number of nitrogens with one attached hydrogen (secondary N) is 3. The number of aryl methyl sites for hydroxylation is 1. The van der Waals surface area contributed by atoms with Gasteiger partial charge in [0.05, 0.1) is 24.7 Å². The van der Waals surface area contributed by atoms with Crippen molar-refractivity contribution in [3.63, 3.8) is 0 Å². The van der Waals surface area contributed by atoms with Gasteiger partial charge in [0, 0.05) is 31.0 Å². The van der Waals surface area contributed by atoms with Gasteiger partial charge < -0.3 is 25.3 Å². The molecule has 0 saturated carbocycles. The third-order valence-corrected chi connectivity index (χ3v) is 6.01. The number of anilines is 1. The van der Waals surface area contributed by atoms with Gasteiger partial charge in [0.2, 0.25) is 5.91 Å². The van der Waals surface area contributed by atoms with E-state index in [0.717, 1.165) is 13.0 Å². The van der Waals surface area contributed by atoms with Crippen LogP contribution in [0, 0.1) is 5.92 Å². The van der Waals surface area contributed by atoms with Gasteiger partial charge in [0.1, 0.15) is 11.8 Å². The minimum Gasteiger partial charge on any atom is -0.497 e. The van der Waals surface area contributed by atoms with Gasteiger partial charge in [0.25, 0.3) is 11.8 Å². The van der Waals surface area contributed by atoms with Gasteiger partial charge in [-0.3, -0.25) is 14.4 Å². The molecule has 3 N–H and O–H groups in total. The first-order chi connectivity index (χ1) is 17.4. The Balaban J connectivity index is 1.65. The number of ether oxygens (including phenoxy) is 1. The number of hydrogen-bond acceptors (Lipinski definition) is 5. The van der Waals surface area contributed by atoms with Crippen molar-refractivity contribution in [3.05, 3.63) is 78.4 Å². The van der Waals surface area contributed by atoms with Crippen molar-refractivity contribution in [3.8, 4) is 5.75 Å².